The smallest absolute Gasteiger partial charge is 0.255 e. The van der Waals surface area contributed by atoms with Crippen LogP contribution in [0.15, 0.2) is 60.8 Å². The van der Waals surface area contributed by atoms with E-state index in [1.807, 2.05) is 32.0 Å². The number of phenolic OH excluding ortho intramolecular Hbond substituents is 1. The van der Waals surface area contributed by atoms with E-state index in [9.17, 15) is 15.0 Å². The van der Waals surface area contributed by atoms with Crippen molar-refractivity contribution in [3.8, 4) is 5.75 Å². The van der Waals surface area contributed by atoms with Gasteiger partial charge in [0.15, 0.2) is 0 Å². The molecule has 3 rings (SSSR count). The van der Waals surface area contributed by atoms with Gasteiger partial charge in [-0.3, -0.25) is 4.79 Å². The second-order valence-electron chi connectivity index (χ2n) is 8.63. The van der Waals surface area contributed by atoms with Gasteiger partial charge in [-0.1, -0.05) is 24.3 Å². The Morgan fingerprint density at radius 1 is 1.16 bits per heavy atom. The summed E-state index contributed by atoms with van der Waals surface area (Å²) in [5, 5.41) is 26.5. The summed E-state index contributed by atoms with van der Waals surface area (Å²) in [5.74, 6) is 0.311. The standard InChI is InChI=1S/C25H30N4O3/c1-16-7-9-20(12-21(16)30)29-24(32)18-6-4-5-17(11-18)13-25(2,3)28-15-22(31)19-8-10-23(26)27-14-19/h4-12,14,22,28,30-31H,13,15H2,1-3H3,(H2,26,27)(H,29,32)/t22-/m1/s1. The number of aryl methyl sites for hydroxylation is 1. The number of hydrogen-bond acceptors (Lipinski definition) is 6. The molecule has 0 radical (unpaired) electrons. The third-order valence-corrected chi connectivity index (χ3v) is 5.27. The van der Waals surface area contributed by atoms with E-state index in [2.05, 4.69) is 15.6 Å². The summed E-state index contributed by atoms with van der Waals surface area (Å²) < 4.78 is 0. The minimum Gasteiger partial charge on any atom is -0.508 e. The van der Waals surface area contributed by atoms with Crippen LogP contribution >= 0.6 is 0 Å². The Morgan fingerprint density at radius 2 is 1.94 bits per heavy atom. The Hall–Kier alpha value is -3.42. The van der Waals surface area contributed by atoms with Gasteiger partial charge in [0, 0.05) is 41.2 Å². The third-order valence-electron chi connectivity index (χ3n) is 5.27. The number of aromatic nitrogens is 1. The number of nitrogen functional groups attached to an aromatic ring is 1. The Kier molecular flexibility index (Phi) is 7.12. The Morgan fingerprint density at radius 3 is 2.62 bits per heavy atom. The van der Waals surface area contributed by atoms with Gasteiger partial charge in [-0.25, -0.2) is 4.98 Å². The Balaban J connectivity index is 1.61. The van der Waals surface area contributed by atoms with E-state index in [4.69, 9.17) is 5.73 Å². The number of benzene rings is 2. The van der Waals surface area contributed by atoms with Crippen molar-refractivity contribution in [2.24, 2.45) is 0 Å². The molecule has 0 saturated heterocycles. The van der Waals surface area contributed by atoms with E-state index in [0.717, 1.165) is 11.1 Å². The van der Waals surface area contributed by atoms with E-state index in [1.54, 1.807) is 43.5 Å². The van der Waals surface area contributed by atoms with E-state index in [1.165, 1.54) is 6.07 Å². The molecule has 0 bridgehead atoms. The predicted molar refractivity (Wildman–Crippen MR) is 127 cm³/mol. The normalized spacial score (nSPS) is 12.4. The number of carbonyl (C=O) groups is 1. The zero-order chi connectivity index (χ0) is 23.3. The molecular weight excluding hydrogens is 404 g/mol. The molecule has 0 spiro atoms. The van der Waals surface area contributed by atoms with Crippen LogP contribution in [0.5, 0.6) is 5.75 Å². The largest absolute Gasteiger partial charge is 0.508 e. The third kappa shape index (κ3) is 6.29. The molecule has 168 valence electrons. The van der Waals surface area contributed by atoms with Crippen LogP contribution in [0, 0.1) is 6.92 Å². The number of β-amino-alcohol motifs (C(OH)–C–C–N with tert-alkyl or cyclic N) is 1. The molecule has 1 aromatic heterocycles. The number of aliphatic hydroxyl groups is 1. The van der Waals surface area contributed by atoms with Crippen LogP contribution in [0.25, 0.3) is 0 Å². The highest BCUT2D eigenvalue weighted by Crippen LogP contribution is 2.22. The first-order valence-corrected chi connectivity index (χ1v) is 10.5. The molecule has 7 nitrogen and oxygen atoms in total. The lowest BCUT2D eigenvalue weighted by atomic mass is 9.93. The van der Waals surface area contributed by atoms with Gasteiger partial charge in [0.1, 0.15) is 11.6 Å². The van der Waals surface area contributed by atoms with Gasteiger partial charge in [0.2, 0.25) is 0 Å². The molecule has 0 saturated carbocycles. The number of nitrogens with one attached hydrogen (secondary N) is 2. The quantitative estimate of drug-likeness (QED) is 0.370. The van der Waals surface area contributed by atoms with Crippen LogP contribution in [0.4, 0.5) is 11.5 Å². The number of aliphatic hydroxyl groups excluding tert-OH is 1. The number of nitrogens with two attached hydrogens (primary N) is 1. The first-order valence-electron chi connectivity index (χ1n) is 10.5. The van der Waals surface area contributed by atoms with Crippen LogP contribution in [0.2, 0.25) is 0 Å². The molecule has 0 aliphatic rings. The lowest BCUT2D eigenvalue weighted by molar-refractivity contribution is 0.102. The molecule has 1 heterocycles. The van der Waals surface area contributed by atoms with Gasteiger partial charge >= 0.3 is 0 Å². The van der Waals surface area contributed by atoms with Crippen molar-refractivity contribution in [2.75, 3.05) is 17.6 Å². The first-order chi connectivity index (χ1) is 15.1. The van der Waals surface area contributed by atoms with Gasteiger partial charge in [-0.15, -0.1) is 0 Å². The summed E-state index contributed by atoms with van der Waals surface area (Å²) in [5.41, 5.74) is 8.79. The zero-order valence-corrected chi connectivity index (χ0v) is 18.6. The molecule has 7 heteroatoms. The van der Waals surface area contributed by atoms with E-state index in [-0.39, 0.29) is 17.2 Å². The lowest BCUT2D eigenvalue weighted by Crippen LogP contribution is -2.43. The minimum atomic E-state index is -0.703. The molecule has 1 atom stereocenters. The highest BCUT2D eigenvalue weighted by molar-refractivity contribution is 6.04. The topological polar surface area (TPSA) is 120 Å². The van der Waals surface area contributed by atoms with Gasteiger partial charge in [0.25, 0.3) is 5.91 Å². The fourth-order valence-electron chi connectivity index (χ4n) is 3.39. The maximum atomic E-state index is 12.7. The molecule has 3 aromatic rings. The van der Waals surface area contributed by atoms with Crippen molar-refractivity contribution >= 4 is 17.4 Å². The van der Waals surface area contributed by atoms with Gasteiger partial charge in [-0.05, 0) is 62.6 Å². The molecule has 6 N–H and O–H groups in total. The van der Waals surface area contributed by atoms with E-state index in [0.29, 0.717) is 35.6 Å². The van der Waals surface area contributed by atoms with Crippen LogP contribution < -0.4 is 16.4 Å². The molecule has 0 unspecified atom stereocenters. The maximum Gasteiger partial charge on any atom is 0.255 e. The lowest BCUT2D eigenvalue weighted by Gasteiger charge is -2.28. The molecule has 0 fully saturated rings. The number of amides is 1. The number of hydrogen-bond donors (Lipinski definition) is 5. The second-order valence-corrected chi connectivity index (χ2v) is 8.63. The number of pyridine rings is 1. The van der Waals surface area contributed by atoms with Crippen LogP contribution in [0.3, 0.4) is 0 Å². The Bertz CT molecular complexity index is 1080. The SMILES string of the molecule is Cc1ccc(NC(=O)c2cccc(CC(C)(C)NC[C@@H](O)c3ccc(N)nc3)c2)cc1O. The monoisotopic (exact) mass is 434 g/mol. The summed E-state index contributed by atoms with van der Waals surface area (Å²) >= 11 is 0. The number of aromatic hydroxyl groups is 1. The van der Waals surface area contributed by atoms with Crippen LogP contribution in [-0.4, -0.2) is 33.2 Å². The number of carbonyl (C=O) groups excluding carboxylic acids is 1. The maximum absolute atomic E-state index is 12.7. The number of phenols is 1. The molecular formula is C25H30N4O3. The van der Waals surface area contributed by atoms with Crippen molar-refractivity contribution in [1.29, 1.82) is 0 Å². The summed E-state index contributed by atoms with van der Waals surface area (Å²) in [4.78, 5) is 16.7. The average molecular weight is 435 g/mol. The fourth-order valence-corrected chi connectivity index (χ4v) is 3.39. The van der Waals surface area contributed by atoms with Crippen LogP contribution in [0.1, 0.15) is 47.0 Å². The van der Waals surface area contributed by atoms with Gasteiger partial charge in [0.05, 0.1) is 6.10 Å². The van der Waals surface area contributed by atoms with Crippen molar-refractivity contribution in [3.63, 3.8) is 0 Å². The molecule has 2 aromatic carbocycles. The van der Waals surface area contributed by atoms with Crippen molar-refractivity contribution in [2.45, 2.75) is 38.8 Å². The van der Waals surface area contributed by atoms with E-state index >= 15 is 0 Å². The summed E-state index contributed by atoms with van der Waals surface area (Å²) in [6.07, 6.45) is 1.53. The number of anilines is 2. The number of rotatable bonds is 8. The molecule has 0 aliphatic carbocycles. The average Bonchev–Trinajstić information content (AvgIpc) is 2.75. The molecule has 0 aliphatic heterocycles. The van der Waals surface area contributed by atoms with Crippen molar-refractivity contribution in [1.82, 2.24) is 10.3 Å². The van der Waals surface area contributed by atoms with Crippen LogP contribution in [-0.2, 0) is 6.42 Å². The van der Waals surface area contributed by atoms with E-state index < -0.39 is 6.10 Å². The minimum absolute atomic E-state index is 0.140. The zero-order valence-electron chi connectivity index (χ0n) is 18.6. The highest BCUT2D eigenvalue weighted by Gasteiger charge is 2.20. The van der Waals surface area contributed by atoms with Crippen molar-refractivity contribution < 1.29 is 15.0 Å². The van der Waals surface area contributed by atoms with Crippen molar-refractivity contribution in [3.05, 3.63) is 83.0 Å². The summed E-state index contributed by atoms with van der Waals surface area (Å²) in [7, 11) is 0. The molecule has 32 heavy (non-hydrogen) atoms. The summed E-state index contributed by atoms with van der Waals surface area (Å²) in [6, 6.07) is 15.9. The highest BCUT2D eigenvalue weighted by atomic mass is 16.3. The van der Waals surface area contributed by atoms with Gasteiger partial charge < -0.3 is 26.6 Å². The summed E-state index contributed by atoms with van der Waals surface area (Å²) in [6.45, 7) is 6.24. The molecule has 1 amide bonds. The number of nitrogens with zero attached hydrogens (tertiary/aromatic N) is 1. The predicted octanol–water partition coefficient (Wildman–Crippen LogP) is 3.57. The Labute approximate surface area is 188 Å². The second kappa shape index (κ2) is 9.80. The first kappa shape index (κ1) is 23.2. The van der Waals surface area contributed by atoms with Gasteiger partial charge in [-0.2, -0.15) is 0 Å². The fraction of sp³-hybridized carbons (Fsp3) is 0.280.